The van der Waals surface area contributed by atoms with Gasteiger partial charge in [-0.1, -0.05) is 0 Å². The zero-order valence-electron chi connectivity index (χ0n) is 2.47. The van der Waals surface area contributed by atoms with Crippen LogP contribution < -0.4 is 0 Å². The van der Waals surface area contributed by atoms with Crippen molar-refractivity contribution < 1.29 is 36.5 Å². The van der Waals surface area contributed by atoms with Crippen LogP contribution in [0.4, 0.5) is 0 Å². The summed E-state index contributed by atoms with van der Waals surface area (Å²) in [6.45, 7) is 0. The van der Waals surface area contributed by atoms with E-state index in [0.29, 0.717) is 0 Å². The smallest absolute Gasteiger partial charge is 0 e. The molecule has 0 rings (SSSR count). The number of rotatable bonds is 0. The fourth-order valence-corrected chi connectivity index (χ4v) is 0. The topological polar surface area (TPSA) is 0 Å². The van der Waals surface area contributed by atoms with Gasteiger partial charge < -0.3 is 0 Å². The Morgan fingerprint density at radius 1 is 1.00 bits per heavy atom. The summed E-state index contributed by atoms with van der Waals surface area (Å²) in [5.74, 6) is 0. The second-order valence-electron chi connectivity index (χ2n) is 0. The zero-order chi connectivity index (χ0) is 0. The quantitative estimate of drug-likeness (QED) is 0.254. The molecule has 0 saturated heterocycles. The third kappa shape index (κ3) is 23.7. The number of hydrogen-bond donors (Lipinski definition) is 0. The van der Waals surface area contributed by atoms with Gasteiger partial charge in [0.05, 0.1) is 0 Å². The van der Waals surface area contributed by atoms with Crippen molar-refractivity contribution in [1.29, 1.82) is 0 Å². The van der Waals surface area contributed by atoms with Gasteiger partial charge in [-0.3, -0.25) is 0 Å². The van der Waals surface area contributed by atoms with Crippen LogP contribution in [0.5, 0.6) is 0 Å². The Kier molecular flexibility index (Phi) is 270. The minimum atomic E-state index is 0. The Bertz CT molecular complexity index is 15.5. The molecule has 1 unspecified atom stereocenters. The molecule has 6 heteroatoms. The summed E-state index contributed by atoms with van der Waals surface area (Å²) in [6.07, 6.45) is 0. The minimum absolute atomic E-state index is 0. The van der Waals surface area contributed by atoms with E-state index >= 15 is 0 Å². The molecule has 0 aliphatic carbocycles. The van der Waals surface area contributed by atoms with Gasteiger partial charge >= 0.3 is 94.1 Å². The van der Waals surface area contributed by atoms with Crippen molar-refractivity contribution in [2.45, 2.75) is 0 Å². The first kappa shape index (κ1) is 47.4. The fourth-order valence-electron chi connectivity index (χ4n) is 0. The summed E-state index contributed by atoms with van der Waals surface area (Å²) < 4.78 is 0. The van der Waals surface area contributed by atoms with Gasteiger partial charge in [0, 0.05) is 36.5 Å². The molecule has 6 heavy (non-hydrogen) atoms. The average molecular weight is 580 g/mol. The molecule has 36 valence electrons. The van der Waals surface area contributed by atoms with Crippen LogP contribution in [0.3, 0.4) is 0 Å². The average Bonchev–Trinajstić information content (AvgIpc) is 0. The predicted octanol–water partition coefficient (Wildman–Crippen LogP) is -4.47. The molecule has 1 atom stereocenters. The Labute approximate surface area is 138 Å². The van der Waals surface area contributed by atoms with Crippen molar-refractivity contribution in [1.82, 2.24) is 0 Å². The summed E-state index contributed by atoms with van der Waals surface area (Å²) in [4.78, 5) is 0. The maximum absolute atomic E-state index is 0. The van der Waals surface area contributed by atoms with Crippen LogP contribution in [-0.2, 0) is 36.5 Å². The van der Waals surface area contributed by atoms with Crippen molar-refractivity contribution >= 4 is 105 Å². The second kappa shape index (κ2) is 34.2. The van der Waals surface area contributed by atoms with E-state index in [-0.39, 0.29) is 142 Å². The Morgan fingerprint density at radius 3 is 1.00 bits per heavy atom. The molecule has 0 aromatic rings. The first-order valence-corrected chi connectivity index (χ1v) is 0. The van der Waals surface area contributed by atoms with Gasteiger partial charge in [-0.15, -0.1) is 0 Å². The van der Waals surface area contributed by atoms with Gasteiger partial charge in [-0.05, 0) is 11.0 Å². The van der Waals surface area contributed by atoms with Gasteiger partial charge in [0.1, 0.15) is 0 Å². The van der Waals surface area contributed by atoms with E-state index in [1.807, 2.05) is 0 Å². The minimum Gasteiger partial charge on any atom is -0.0149 e. The zero-order valence-corrected chi connectivity index (χ0v) is 15.0. The number of hydrogen-bond acceptors (Lipinski definition) is 0. The first-order valence-electron chi connectivity index (χ1n) is 0. The standard InChI is InChI=1S/AsH3.Ba.Fe.Pb.H4Si.Zn.4H/h1H3;;;;1H4;;;;;. The predicted molar refractivity (Wildman–Crippen MR) is 38.4 cm³/mol. The van der Waals surface area contributed by atoms with Crippen molar-refractivity contribution in [2.75, 3.05) is 0 Å². The molecular weight excluding hydrogens is 569 g/mol. The SMILES string of the molecule is [AsH3].[BaH2].[Fe].[PbH2].[SiH4].[Zn]. The maximum Gasteiger partial charge on any atom is 0 e. The Balaban J connectivity index is 0. The molecule has 0 spiro atoms. The van der Waals surface area contributed by atoms with Crippen LogP contribution in [-0.4, -0.2) is 105 Å². The summed E-state index contributed by atoms with van der Waals surface area (Å²) >= 11 is 0. The van der Waals surface area contributed by atoms with Crippen LogP contribution in [0.1, 0.15) is 0 Å². The van der Waals surface area contributed by atoms with Crippen molar-refractivity contribution in [3.8, 4) is 0 Å². The molecule has 2 radical (unpaired) electrons. The molecule has 0 heterocycles. The van der Waals surface area contributed by atoms with E-state index in [1.54, 1.807) is 0 Å². The van der Waals surface area contributed by atoms with Crippen LogP contribution in [0.25, 0.3) is 0 Å². The van der Waals surface area contributed by atoms with Crippen LogP contribution in [0.15, 0.2) is 0 Å². The van der Waals surface area contributed by atoms with E-state index in [2.05, 4.69) is 0 Å². The summed E-state index contributed by atoms with van der Waals surface area (Å²) in [7, 11) is 0. The van der Waals surface area contributed by atoms with Crippen LogP contribution in [0.2, 0.25) is 0 Å². The molecule has 0 saturated carbocycles. The first-order chi connectivity index (χ1) is 0. The Morgan fingerprint density at radius 2 is 1.00 bits per heavy atom. The van der Waals surface area contributed by atoms with E-state index in [4.69, 9.17) is 0 Å². The normalized spacial score (nSPS) is 0. The summed E-state index contributed by atoms with van der Waals surface area (Å²) in [5.41, 5.74) is 0. The molecular formula is H11AsBaFePbSiZn. The van der Waals surface area contributed by atoms with Crippen LogP contribution >= 0.6 is 0 Å². The molecule has 0 amide bonds. The van der Waals surface area contributed by atoms with E-state index in [1.165, 1.54) is 0 Å². The van der Waals surface area contributed by atoms with Crippen LogP contribution in [0, 0.1) is 0 Å². The molecule has 0 aromatic carbocycles. The fraction of sp³-hybridized carbons (Fsp3) is 0. The summed E-state index contributed by atoms with van der Waals surface area (Å²) in [5, 5.41) is 0. The second-order valence-corrected chi connectivity index (χ2v) is 0. The molecule has 0 fully saturated rings. The molecule has 0 aromatic heterocycles. The molecule has 0 aliphatic heterocycles. The van der Waals surface area contributed by atoms with Crippen molar-refractivity contribution in [3.63, 3.8) is 0 Å². The molecule has 0 N–H and O–H groups in total. The summed E-state index contributed by atoms with van der Waals surface area (Å²) in [6, 6.07) is 0. The van der Waals surface area contributed by atoms with Crippen molar-refractivity contribution in [2.24, 2.45) is 0 Å². The largest absolute Gasteiger partial charge is 0.0149 e. The monoisotopic (exact) mass is 580 g/mol. The van der Waals surface area contributed by atoms with E-state index < -0.39 is 0 Å². The third-order valence-corrected chi connectivity index (χ3v) is 0. The molecule has 0 bridgehead atoms. The van der Waals surface area contributed by atoms with Gasteiger partial charge in [0.15, 0.2) is 0 Å². The maximum atomic E-state index is 0. The van der Waals surface area contributed by atoms with Crippen molar-refractivity contribution in [3.05, 3.63) is 0 Å². The van der Waals surface area contributed by atoms with Gasteiger partial charge in [0.25, 0.3) is 0 Å². The third-order valence-electron chi connectivity index (χ3n) is 0. The Hall–Kier alpha value is 4.41. The van der Waals surface area contributed by atoms with Gasteiger partial charge in [-0.2, -0.15) is 0 Å². The molecule has 0 nitrogen and oxygen atoms in total. The van der Waals surface area contributed by atoms with E-state index in [0.717, 1.165) is 0 Å². The van der Waals surface area contributed by atoms with E-state index in [9.17, 15) is 0 Å². The van der Waals surface area contributed by atoms with Gasteiger partial charge in [-0.25, -0.2) is 0 Å². The molecule has 0 aliphatic rings. The van der Waals surface area contributed by atoms with Gasteiger partial charge in [0.2, 0.25) is 0 Å².